The molecule has 9 heteroatoms. The molecule has 1 heterocycles. The van der Waals surface area contributed by atoms with E-state index in [2.05, 4.69) is 5.32 Å². The summed E-state index contributed by atoms with van der Waals surface area (Å²) in [5.41, 5.74) is 2.21. The fourth-order valence-corrected chi connectivity index (χ4v) is 3.62. The molecule has 1 N–H and O–H groups in total. The summed E-state index contributed by atoms with van der Waals surface area (Å²) in [5.74, 6) is -0.645. The van der Waals surface area contributed by atoms with E-state index in [0.717, 1.165) is 10.5 Å². The zero-order valence-corrected chi connectivity index (χ0v) is 19.4. The minimum Gasteiger partial charge on any atom is -0.493 e. The third-order valence-electron chi connectivity index (χ3n) is 5.35. The Balaban J connectivity index is 1.68. The minimum absolute atomic E-state index is 0.0520. The normalized spacial score (nSPS) is 12.5. The Kier molecular flexibility index (Phi) is 7.01. The van der Waals surface area contributed by atoms with Crippen molar-refractivity contribution in [3.05, 3.63) is 52.6 Å². The molecule has 0 unspecified atom stereocenters. The molecule has 0 atom stereocenters. The molecule has 1 aliphatic heterocycles. The van der Waals surface area contributed by atoms with Gasteiger partial charge < -0.3 is 19.7 Å². The lowest BCUT2D eigenvalue weighted by molar-refractivity contribution is -0.116. The van der Waals surface area contributed by atoms with Crippen molar-refractivity contribution >= 4 is 29.3 Å². The van der Waals surface area contributed by atoms with E-state index in [0.29, 0.717) is 22.6 Å². The lowest BCUT2D eigenvalue weighted by atomic mass is 10.1. The molecule has 0 saturated carbocycles. The van der Waals surface area contributed by atoms with Gasteiger partial charge in [0, 0.05) is 33.1 Å². The number of hydrogen-bond donors (Lipinski definition) is 1. The molecule has 174 valence electrons. The molecule has 0 bridgehead atoms. The first-order valence-electron chi connectivity index (χ1n) is 10.4. The summed E-state index contributed by atoms with van der Waals surface area (Å²) in [6.45, 7) is 1.97. The molecule has 9 nitrogen and oxygen atoms in total. The van der Waals surface area contributed by atoms with Crippen LogP contribution in [0.3, 0.4) is 0 Å². The van der Waals surface area contributed by atoms with Crippen LogP contribution < -0.4 is 14.8 Å². The standard InChI is InChI=1S/C24H27N3O6/c1-14-8-9-15-16(11-14)24(31)27(23(15)30)10-6-7-21(28)25-18-13-20(33-5)19(32-4)12-17(18)22(29)26(2)3/h8-9,11-13H,6-7,10H2,1-5H3,(H,25,28). The summed E-state index contributed by atoms with van der Waals surface area (Å²) >= 11 is 0. The predicted molar refractivity (Wildman–Crippen MR) is 122 cm³/mol. The number of aryl methyl sites for hydroxylation is 1. The van der Waals surface area contributed by atoms with Crippen molar-refractivity contribution in [3.63, 3.8) is 0 Å². The minimum atomic E-state index is -0.359. The number of fused-ring (bicyclic) bond motifs is 1. The van der Waals surface area contributed by atoms with Gasteiger partial charge in [-0.2, -0.15) is 0 Å². The van der Waals surface area contributed by atoms with Gasteiger partial charge in [-0.3, -0.25) is 24.1 Å². The Morgan fingerprint density at radius 3 is 2.24 bits per heavy atom. The maximum atomic E-state index is 12.6. The van der Waals surface area contributed by atoms with Crippen molar-refractivity contribution in [2.45, 2.75) is 19.8 Å². The van der Waals surface area contributed by atoms with Crippen LogP contribution in [0, 0.1) is 6.92 Å². The highest BCUT2D eigenvalue weighted by Gasteiger charge is 2.35. The lowest BCUT2D eigenvalue weighted by Crippen LogP contribution is -2.31. The van der Waals surface area contributed by atoms with E-state index in [1.807, 2.05) is 6.92 Å². The van der Waals surface area contributed by atoms with E-state index in [1.54, 1.807) is 32.3 Å². The molecule has 0 saturated heterocycles. The highest BCUT2D eigenvalue weighted by atomic mass is 16.5. The number of nitrogens with zero attached hydrogens (tertiary/aromatic N) is 2. The Bertz CT molecular complexity index is 1130. The van der Waals surface area contributed by atoms with Gasteiger partial charge in [0.25, 0.3) is 17.7 Å². The SMILES string of the molecule is COc1cc(NC(=O)CCCN2C(=O)c3ccc(C)cc3C2=O)c(C(=O)N(C)C)cc1OC. The van der Waals surface area contributed by atoms with Crippen LogP contribution in [0.5, 0.6) is 11.5 Å². The molecular weight excluding hydrogens is 426 g/mol. The molecule has 0 aromatic heterocycles. The predicted octanol–water partition coefficient (Wildman–Crippen LogP) is 2.73. The maximum Gasteiger partial charge on any atom is 0.261 e. The number of nitrogens with one attached hydrogen (secondary N) is 1. The number of carbonyl (C=O) groups is 4. The zero-order chi connectivity index (χ0) is 24.3. The molecule has 0 aliphatic carbocycles. The second kappa shape index (κ2) is 9.72. The van der Waals surface area contributed by atoms with Gasteiger partial charge in [-0.15, -0.1) is 0 Å². The molecule has 0 spiro atoms. The summed E-state index contributed by atoms with van der Waals surface area (Å²) in [4.78, 5) is 52.9. The van der Waals surface area contributed by atoms with Crippen LogP contribution in [0.25, 0.3) is 0 Å². The first kappa shape index (κ1) is 23.8. The third-order valence-corrected chi connectivity index (χ3v) is 5.35. The maximum absolute atomic E-state index is 12.6. The van der Waals surface area contributed by atoms with E-state index < -0.39 is 0 Å². The molecule has 2 aromatic rings. The molecule has 2 aromatic carbocycles. The average molecular weight is 453 g/mol. The first-order chi connectivity index (χ1) is 15.7. The average Bonchev–Trinajstić information content (AvgIpc) is 3.02. The summed E-state index contributed by atoms with van der Waals surface area (Å²) in [6.07, 6.45) is 0.330. The Hall–Kier alpha value is -3.88. The summed E-state index contributed by atoms with van der Waals surface area (Å²) in [5, 5.41) is 2.73. The molecule has 0 radical (unpaired) electrons. The number of ether oxygens (including phenoxy) is 2. The Labute approximate surface area is 192 Å². The van der Waals surface area contributed by atoms with Crippen molar-refractivity contribution in [1.82, 2.24) is 9.80 Å². The Morgan fingerprint density at radius 1 is 0.970 bits per heavy atom. The largest absolute Gasteiger partial charge is 0.493 e. The fourth-order valence-electron chi connectivity index (χ4n) is 3.62. The van der Waals surface area contributed by atoms with Crippen LogP contribution in [-0.2, 0) is 4.79 Å². The highest BCUT2D eigenvalue weighted by Crippen LogP contribution is 2.34. The van der Waals surface area contributed by atoms with E-state index in [-0.39, 0.29) is 54.3 Å². The quantitative estimate of drug-likeness (QED) is 0.616. The second-order valence-corrected chi connectivity index (χ2v) is 7.92. The number of amides is 4. The van der Waals surface area contributed by atoms with Crippen molar-refractivity contribution in [2.75, 3.05) is 40.2 Å². The number of anilines is 1. The van der Waals surface area contributed by atoms with E-state index in [4.69, 9.17) is 9.47 Å². The third kappa shape index (κ3) is 4.82. The van der Waals surface area contributed by atoms with Gasteiger partial charge in [-0.1, -0.05) is 11.6 Å². The lowest BCUT2D eigenvalue weighted by Gasteiger charge is -2.18. The van der Waals surface area contributed by atoms with Crippen LogP contribution in [0.15, 0.2) is 30.3 Å². The topological polar surface area (TPSA) is 105 Å². The van der Waals surface area contributed by atoms with Gasteiger partial charge in [0.1, 0.15) is 0 Å². The van der Waals surface area contributed by atoms with Crippen LogP contribution >= 0.6 is 0 Å². The number of hydrogen-bond acceptors (Lipinski definition) is 6. The smallest absolute Gasteiger partial charge is 0.261 e. The summed E-state index contributed by atoms with van der Waals surface area (Å²) in [7, 11) is 6.13. The number of rotatable bonds is 8. The van der Waals surface area contributed by atoms with Crippen molar-refractivity contribution in [3.8, 4) is 11.5 Å². The zero-order valence-electron chi connectivity index (χ0n) is 19.4. The van der Waals surface area contributed by atoms with Crippen LogP contribution in [0.2, 0.25) is 0 Å². The molecular formula is C24H27N3O6. The summed E-state index contributed by atoms with van der Waals surface area (Å²) in [6, 6.07) is 8.18. The summed E-state index contributed by atoms with van der Waals surface area (Å²) < 4.78 is 10.5. The number of benzene rings is 2. The van der Waals surface area contributed by atoms with E-state index in [9.17, 15) is 19.2 Å². The van der Waals surface area contributed by atoms with Crippen LogP contribution in [0.4, 0.5) is 5.69 Å². The first-order valence-corrected chi connectivity index (χ1v) is 10.4. The van der Waals surface area contributed by atoms with Crippen molar-refractivity contribution in [1.29, 1.82) is 0 Å². The molecule has 3 rings (SSSR count). The number of carbonyl (C=O) groups excluding carboxylic acids is 4. The van der Waals surface area contributed by atoms with E-state index >= 15 is 0 Å². The second-order valence-electron chi connectivity index (χ2n) is 7.92. The number of methoxy groups -OCH3 is 2. The number of imide groups is 1. The van der Waals surface area contributed by atoms with Gasteiger partial charge in [0.15, 0.2) is 11.5 Å². The van der Waals surface area contributed by atoms with Crippen LogP contribution in [-0.4, -0.2) is 68.3 Å². The molecule has 1 aliphatic rings. The molecule has 33 heavy (non-hydrogen) atoms. The van der Waals surface area contributed by atoms with Crippen LogP contribution in [0.1, 0.15) is 49.5 Å². The highest BCUT2D eigenvalue weighted by molar-refractivity contribution is 6.21. The van der Waals surface area contributed by atoms with Gasteiger partial charge in [0.05, 0.1) is 36.6 Å². The van der Waals surface area contributed by atoms with Crippen molar-refractivity contribution in [2.24, 2.45) is 0 Å². The van der Waals surface area contributed by atoms with Gasteiger partial charge in [-0.25, -0.2) is 0 Å². The monoisotopic (exact) mass is 453 g/mol. The fraction of sp³-hybridized carbons (Fsp3) is 0.333. The molecule has 4 amide bonds. The Morgan fingerprint density at radius 2 is 1.61 bits per heavy atom. The van der Waals surface area contributed by atoms with E-state index in [1.165, 1.54) is 31.3 Å². The van der Waals surface area contributed by atoms with Gasteiger partial charge in [0.2, 0.25) is 5.91 Å². The van der Waals surface area contributed by atoms with Gasteiger partial charge >= 0.3 is 0 Å². The van der Waals surface area contributed by atoms with Gasteiger partial charge in [-0.05, 0) is 31.5 Å². The van der Waals surface area contributed by atoms with Crippen molar-refractivity contribution < 1.29 is 28.7 Å². The molecule has 0 fully saturated rings.